The Balaban J connectivity index is 0.00000200. The van der Waals surface area contributed by atoms with Gasteiger partial charge in [0.25, 0.3) is 0 Å². The van der Waals surface area contributed by atoms with E-state index in [2.05, 4.69) is 24.1 Å². The SMILES string of the molecule is C=C[C@@H](COCc1ccccc1)N[n+]1ccccc1.[I-]. The van der Waals surface area contributed by atoms with E-state index < -0.39 is 0 Å². The van der Waals surface area contributed by atoms with Gasteiger partial charge in [0.1, 0.15) is 6.04 Å². The number of hydrogen-bond acceptors (Lipinski definition) is 2. The van der Waals surface area contributed by atoms with Crippen molar-refractivity contribution in [3.8, 4) is 0 Å². The first kappa shape index (κ1) is 16.7. The Morgan fingerprint density at radius 2 is 1.75 bits per heavy atom. The molecule has 0 radical (unpaired) electrons. The standard InChI is InChI=1S/C16H19N2O.HI/c1-2-16(17-18-11-7-4-8-12-18)14-19-13-15-9-5-3-6-10-15;/h2-12,16-17H,1,13-14H2;1H/q+1;/p-1/t16-;/m0./s1. The van der Waals surface area contributed by atoms with Crippen LogP contribution in [0.5, 0.6) is 0 Å². The number of nitrogens with one attached hydrogen (secondary N) is 1. The Morgan fingerprint density at radius 3 is 2.40 bits per heavy atom. The van der Waals surface area contributed by atoms with E-state index in [1.807, 2.05) is 59.5 Å². The molecule has 20 heavy (non-hydrogen) atoms. The van der Waals surface area contributed by atoms with Gasteiger partial charge < -0.3 is 28.7 Å². The van der Waals surface area contributed by atoms with Crippen LogP contribution in [-0.4, -0.2) is 12.6 Å². The highest BCUT2D eigenvalue weighted by atomic mass is 127. The van der Waals surface area contributed by atoms with Gasteiger partial charge in [0, 0.05) is 12.1 Å². The molecule has 0 saturated carbocycles. The first-order chi connectivity index (χ1) is 9.38. The maximum absolute atomic E-state index is 5.70. The monoisotopic (exact) mass is 382 g/mol. The molecule has 0 aliphatic rings. The highest BCUT2D eigenvalue weighted by molar-refractivity contribution is 5.13. The van der Waals surface area contributed by atoms with Gasteiger partial charge >= 0.3 is 0 Å². The molecule has 2 aromatic rings. The average Bonchev–Trinajstić information content (AvgIpc) is 2.48. The highest BCUT2D eigenvalue weighted by Crippen LogP contribution is 2.01. The van der Waals surface area contributed by atoms with E-state index in [1.165, 1.54) is 5.56 Å². The molecular weight excluding hydrogens is 363 g/mol. The number of aromatic nitrogens is 1. The van der Waals surface area contributed by atoms with Crippen molar-refractivity contribution in [1.82, 2.24) is 0 Å². The summed E-state index contributed by atoms with van der Waals surface area (Å²) in [5, 5.41) is 0. The Hall–Kier alpha value is -1.40. The molecule has 106 valence electrons. The fraction of sp³-hybridized carbons (Fsp3) is 0.188. The van der Waals surface area contributed by atoms with Gasteiger partial charge in [0.15, 0.2) is 12.4 Å². The minimum atomic E-state index is 0. The van der Waals surface area contributed by atoms with Gasteiger partial charge in [-0.15, -0.1) is 6.58 Å². The lowest BCUT2D eigenvalue weighted by Crippen LogP contribution is -3.00. The Morgan fingerprint density at radius 1 is 1.10 bits per heavy atom. The summed E-state index contributed by atoms with van der Waals surface area (Å²) in [6, 6.07) is 16.1. The third kappa shape index (κ3) is 5.71. The van der Waals surface area contributed by atoms with E-state index in [4.69, 9.17) is 4.74 Å². The van der Waals surface area contributed by atoms with E-state index >= 15 is 0 Å². The molecule has 0 unspecified atom stereocenters. The van der Waals surface area contributed by atoms with Gasteiger partial charge in [-0.25, -0.2) is 0 Å². The largest absolute Gasteiger partial charge is 1.00 e. The predicted molar refractivity (Wildman–Crippen MR) is 76.1 cm³/mol. The molecule has 2 rings (SSSR count). The summed E-state index contributed by atoms with van der Waals surface area (Å²) in [6.07, 6.45) is 5.76. The number of ether oxygens (including phenoxy) is 1. The van der Waals surface area contributed by atoms with Gasteiger partial charge in [-0.05, 0) is 5.56 Å². The van der Waals surface area contributed by atoms with Crippen molar-refractivity contribution in [2.75, 3.05) is 12.0 Å². The summed E-state index contributed by atoms with van der Waals surface area (Å²) in [6.45, 7) is 5.03. The van der Waals surface area contributed by atoms with E-state index in [-0.39, 0.29) is 30.0 Å². The van der Waals surface area contributed by atoms with Crippen molar-refractivity contribution in [3.63, 3.8) is 0 Å². The quantitative estimate of drug-likeness (QED) is 0.389. The number of pyridine rings is 1. The van der Waals surface area contributed by atoms with Crippen LogP contribution in [0, 0.1) is 0 Å². The third-order valence-electron chi connectivity index (χ3n) is 2.72. The van der Waals surface area contributed by atoms with E-state index in [0.29, 0.717) is 13.2 Å². The van der Waals surface area contributed by atoms with E-state index in [0.717, 1.165) is 0 Å². The molecule has 1 aromatic carbocycles. The molecule has 1 atom stereocenters. The number of hydrogen-bond donors (Lipinski definition) is 1. The molecule has 1 aromatic heterocycles. The molecule has 1 heterocycles. The van der Waals surface area contributed by atoms with Gasteiger partial charge in [-0.3, -0.25) is 0 Å². The molecule has 0 aliphatic carbocycles. The van der Waals surface area contributed by atoms with Crippen LogP contribution in [0.25, 0.3) is 0 Å². The van der Waals surface area contributed by atoms with Crippen molar-refractivity contribution in [2.45, 2.75) is 12.6 Å². The first-order valence-corrected chi connectivity index (χ1v) is 6.35. The van der Waals surface area contributed by atoms with Gasteiger partial charge in [-0.2, -0.15) is 5.43 Å². The lowest BCUT2D eigenvalue weighted by Gasteiger charge is -2.11. The Bertz CT molecular complexity index is 490. The molecule has 4 heteroatoms. The molecule has 0 fully saturated rings. The summed E-state index contributed by atoms with van der Waals surface area (Å²) in [7, 11) is 0. The molecule has 0 aliphatic heterocycles. The second-order valence-corrected chi connectivity index (χ2v) is 4.25. The molecule has 0 saturated heterocycles. The Kier molecular flexibility index (Phi) is 7.91. The first-order valence-electron chi connectivity index (χ1n) is 6.35. The summed E-state index contributed by atoms with van der Waals surface area (Å²) < 4.78 is 7.60. The van der Waals surface area contributed by atoms with Crippen LogP contribution in [0.4, 0.5) is 0 Å². The van der Waals surface area contributed by atoms with Crippen LogP contribution < -0.4 is 34.1 Å². The second-order valence-electron chi connectivity index (χ2n) is 4.25. The molecule has 0 spiro atoms. The van der Waals surface area contributed by atoms with Crippen LogP contribution in [0.3, 0.4) is 0 Å². The summed E-state index contributed by atoms with van der Waals surface area (Å²) in [4.78, 5) is 0. The molecule has 3 nitrogen and oxygen atoms in total. The van der Waals surface area contributed by atoms with Crippen molar-refractivity contribution in [2.24, 2.45) is 0 Å². The fourth-order valence-electron chi connectivity index (χ4n) is 1.71. The maximum Gasteiger partial charge on any atom is 0.199 e. The number of benzene rings is 1. The smallest absolute Gasteiger partial charge is 0.199 e. The number of halogens is 1. The zero-order valence-corrected chi connectivity index (χ0v) is 13.4. The topological polar surface area (TPSA) is 25.1 Å². The minimum Gasteiger partial charge on any atom is -1.00 e. The molecular formula is C16H19IN2O. The van der Waals surface area contributed by atoms with E-state index in [1.54, 1.807) is 0 Å². The van der Waals surface area contributed by atoms with Crippen LogP contribution in [0.2, 0.25) is 0 Å². The molecule has 1 N–H and O–H groups in total. The third-order valence-corrected chi connectivity index (χ3v) is 2.72. The number of nitrogens with zero attached hydrogens (tertiary/aromatic N) is 1. The zero-order valence-electron chi connectivity index (χ0n) is 11.3. The van der Waals surface area contributed by atoms with Gasteiger partial charge in [0.2, 0.25) is 0 Å². The normalized spacial score (nSPS) is 11.2. The van der Waals surface area contributed by atoms with Crippen LogP contribution in [-0.2, 0) is 11.3 Å². The highest BCUT2D eigenvalue weighted by Gasteiger charge is 2.08. The fourth-order valence-corrected chi connectivity index (χ4v) is 1.71. The van der Waals surface area contributed by atoms with Crippen LogP contribution >= 0.6 is 0 Å². The average molecular weight is 382 g/mol. The van der Waals surface area contributed by atoms with E-state index in [9.17, 15) is 0 Å². The van der Waals surface area contributed by atoms with Crippen LogP contribution in [0.15, 0.2) is 73.6 Å². The van der Waals surface area contributed by atoms with Gasteiger partial charge in [-0.1, -0.05) is 47.2 Å². The Labute approximate surface area is 137 Å². The number of rotatable bonds is 7. The molecule has 0 bridgehead atoms. The predicted octanol–water partition coefficient (Wildman–Crippen LogP) is -0.707. The lowest BCUT2D eigenvalue weighted by molar-refractivity contribution is -0.652. The second kappa shape index (κ2) is 9.50. The van der Waals surface area contributed by atoms with Gasteiger partial charge in [0.05, 0.1) is 13.2 Å². The lowest BCUT2D eigenvalue weighted by atomic mass is 10.2. The van der Waals surface area contributed by atoms with Crippen molar-refractivity contribution >= 4 is 0 Å². The van der Waals surface area contributed by atoms with Crippen molar-refractivity contribution < 1.29 is 33.4 Å². The minimum absolute atomic E-state index is 0. The van der Waals surface area contributed by atoms with Crippen molar-refractivity contribution in [1.29, 1.82) is 0 Å². The molecule has 0 amide bonds. The van der Waals surface area contributed by atoms with Crippen molar-refractivity contribution in [3.05, 3.63) is 79.1 Å². The summed E-state index contributed by atoms with van der Waals surface area (Å²) in [5.74, 6) is 0. The summed E-state index contributed by atoms with van der Waals surface area (Å²) in [5.41, 5.74) is 4.47. The van der Waals surface area contributed by atoms with Crippen LogP contribution in [0.1, 0.15) is 5.56 Å². The maximum atomic E-state index is 5.70. The zero-order chi connectivity index (χ0) is 13.3. The summed E-state index contributed by atoms with van der Waals surface area (Å²) >= 11 is 0.